The molecule has 1 aliphatic heterocycles. The molecule has 28 heavy (non-hydrogen) atoms. The van der Waals surface area contributed by atoms with Crippen molar-refractivity contribution in [3.05, 3.63) is 59.0 Å². The molecule has 0 radical (unpaired) electrons. The minimum absolute atomic E-state index is 0.00784. The summed E-state index contributed by atoms with van der Waals surface area (Å²) in [5.74, 6) is 0.236. The van der Waals surface area contributed by atoms with E-state index in [9.17, 15) is 9.59 Å². The Morgan fingerprint density at radius 1 is 1.29 bits per heavy atom. The summed E-state index contributed by atoms with van der Waals surface area (Å²) < 4.78 is 1.62. The van der Waals surface area contributed by atoms with Crippen molar-refractivity contribution in [1.82, 2.24) is 20.4 Å². The van der Waals surface area contributed by atoms with Gasteiger partial charge < -0.3 is 10.6 Å². The number of thiophene rings is 1. The molecule has 8 heteroatoms. The first-order valence-electron chi connectivity index (χ1n) is 9.06. The summed E-state index contributed by atoms with van der Waals surface area (Å²) in [7, 11) is 0. The normalized spacial score (nSPS) is 19.3. The predicted molar refractivity (Wildman–Crippen MR) is 109 cm³/mol. The molecule has 2 atom stereocenters. The monoisotopic (exact) mass is 395 g/mol. The van der Waals surface area contributed by atoms with Crippen LogP contribution in [-0.2, 0) is 4.79 Å². The van der Waals surface area contributed by atoms with Crippen LogP contribution in [0, 0.1) is 6.92 Å². The van der Waals surface area contributed by atoms with Crippen molar-refractivity contribution >= 4 is 29.0 Å². The second-order valence-electron chi connectivity index (χ2n) is 6.90. The fourth-order valence-corrected chi connectivity index (χ4v) is 3.88. The second kappa shape index (κ2) is 7.57. The maximum absolute atomic E-state index is 12.8. The maximum Gasteiger partial charge on any atom is 0.256 e. The van der Waals surface area contributed by atoms with E-state index in [0.717, 1.165) is 16.1 Å². The molecule has 0 spiro atoms. The lowest BCUT2D eigenvalue weighted by atomic mass is 10.1. The third-order valence-corrected chi connectivity index (χ3v) is 5.40. The van der Waals surface area contributed by atoms with Gasteiger partial charge in [-0.2, -0.15) is 5.10 Å². The number of rotatable bonds is 4. The minimum atomic E-state index is -0.530. The van der Waals surface area contributed by atoms with Gasteiger partial charge >= 0.3 is 0 Å². The summed E-state index contributed by atoms with van der Waals surface area (Å²) in [6.45, 7) is 3.89. The molecule has 3 N–H and O–H groups in total. The van der Waals surface area contributed by atoms with Gasteiger partial charge in [0.1, 0.15) is 11.5 Å². The largest absolute Gasteiger partial charge is 0.322 e. The summed E-state index contributed by atoms with van der Waals surface area (Å²) in [6, 6.07) is 13.2. The van der Waals surface area contributed by atoms with Crippen molar-refractivity contribution in [3.8, 4) is 10.6 Å². The zero-order chi connectivity index (χ0) is 19.7. The van der Waals surface area contributed by atoms with Crippen LogP contribution in [-0.4, -0.2) is 27.6 Å². The number of hydrogen-bond acceptors (Lipinski definition) is 5. The number of aryl methyl sites for hydroxylation is 1. The Morgan fingerprint density at radius 2 is 2.14 bits per heavy atom. The zero-order valence-corrected chi connectivity index (χ0v) is 16.4. The van der Waals surface area contributed by atoms with Crippen LogP contribution in [0.4, 0.5) is 5.82 Å². The fraction of sp³-hybridized carbons (Fsp3) is 0.250. The van der Waals surface area contributed by atoms with Gasteiger partial charge in [0.2, 0.25) is 5.91 Å². The summed E-state index contributed by atoms with van der Waals surface area (Å²) in [4.78, 5) is 25.8. The van der Waals surface area contributed by atoms with E-state index < -0.39 is 6.29 Å². The van der Waals surface area contributed by atoms with Crippen molar-refractivity contribution in [2.75, 3.05) is 5.32 Å². The molecule has 1 fully saturated rings. The molecule has 4 rings (SSSR count). The molecule has 2 unspecified atom stereocenters. The summed E-state index contributed by atoms with van der Waals surface area (Å²) in [5, 5.41) is 15.7. The molecule has 3 heterocycles. The van der Waals surface area contributed by atoms with Gasteiger partial charge in [0.05, 0.1) is 4.88 Å². The van der Waals surface area contributed by atoms with Crippen molar-refractivity contribution in [3.63, 3.8) is 0 Å². The van der Waals surface area contributed by atoms with Gasteiger partial charge in [-0.1, -0.05) is 23.8 Å². The third-order valence-electron chi connectivity index (χ3n) is 4.51. The first-order valence-corrected chi connectivity index (χ1v) is 9.94. The molecular weight excluding hydrogens is 374 g/mol. The maximum atomic E-state index is 12.8. The molecule has 0 aliphatic carbocycles. The highest BCUT2D eigenvalue weighted by Crippen LogP contribution is 2.28. The minimum Gasteiger partial charge on any atom is -0.322 e. The Labute approximate surface area is 166 Å². The number of anilines is 1. The third kappa shape index (κ3) is 3.83. The van der Waals surface area contributed by atoms with Gasteiger partial charge in [0.25, 0.3) is 5.91 Å². The number of benzene rings is 1. The quantitative estimate of drug-likeness (QED) is 0.633. The lowest BCUT2D eigenvalue weighted by Crippen LogP contribution is -2.52. The molecule has 1 aliphatic rings. The van der Waals surface area contributed by atoms with Crippen LogP contribution in [0.1, 0.15) is 35.6 Å². The Hall–Kier alpha value is -2.97. The van der Waals surface area contributed by atoms with E-state index in [1.165, 1.54) is 0 Å². The van der Waals surface area contributed by atoms with Crippen LogP contribution in [0.5, 0.6) is 0 Å². The number of hydrogen-bond donors (Lipinski definition) is 3. The van der Waals surface area contributed by atoms with Crippen molar-refractivity contribution < 1.29 is 9.59 Å². The van der Waals surface area contributed by atoms with Gasteiger partial charge in [-0.15, -0.1) is 11.3 Å². The van der Waals surface area contributed by atoms with Crippen molar-refractivity contribution in [2.45, 2.75) is 32.6 Å². The van der Waals surface area contributed by atoms with Gasteiger partial charge in [0, 0.05) is 24.1 Å². The number of carbonyl (C=O) groups is 2. The van der Waals surface area contributed by atoms with E-state index >= 15 is 0 Å². The number of carbonyl (C=O) groups excluding carboxylic acids is 2. The molecule has 7 nitrogen and oxygen atoms in total. The molecule has 0 saturated carbocycles. The number of aromatic nitrogens is 2. The summed E-state index contributed by atoms with van der Waals surface area (Å²) >= 11 is 1.57. The zero-order valence-electron chi connectivity index (χ0n) is 15.6. The van der Waals surface area contributed by atoms with E-state index in [1.807, 2.05) is 55.6 Å². The molecule has 144 valence electrons. The average molecular weight is 395 g/mol. The van der Waals surface area contributed by atoms with Crippen LogP contribution in [0.25, 0.3) is 10.6 Å². The second-order valence-corrected chi connectivity index (χ2v) is 7.85. The van der Waals surface area contributed by atoms with Gasteiger partial charge in [-0.25, -0.2) is 4.68 Å². The highest BCUT2D eigenvalue weighted by molar-refractivity contribution is 7.13. The van der Waals surface area contributed by atoms with Crippen LogP contribution < -0.4 is 16.0 Å². The summed E-state index contributed by atoms with van der Waals surface area (Å²) in [6.07, 6.45) is -0.127. The van der Waals surface area contributed by atoms with Crippen molar-refractivity contribution in [2.24, 2.45) is 0 Å². The summed E-state index contributed by atoms with van der Waals surface area (Å²) in [5.41, 5.74) is 2.32. The molecular formula is C20H21N5O2S. The topological polar surface area (TPSA) is 88.1 Å². The lowest BCUT2D eigenvalue weighted by Gasteiger charge is -2.30. The van der Waals surface area contributed by atoms with E-state index in [2.05, 4.69) is 21.0 Å². The van der Waals surface area contributed by atoms with E-state index in [-0.39, 0.29) is 17.9 Å². The average Bonchev–Trinajstić information content (AvgIpc) is 3.30. The smallest absolute Gasteiger partial charge is 0.256 e. The number of amides is 2. The SMILES string of the molecule is Cc1cccc(C(=O)Nc2cc(-c3cccs3)nn2C2NC(=O)CC(C)N2)c1. The Kier molecular flexibility index (Phi) is 4.97. The van der Waals surface area contributed by atoms with E-state index in [4.69, 9.17) is 0 Å². The molecule has 3 aromatic rings. The van der Waals surface area contributed by atoms with Gasteiger partial charge in [0.15, 0.2) is 6.29 Å². The number of nitrogens with one attached hydrogen (secondary N) is 3. The van der Waals surface area contributed by atoms with Crippen molar-refractivity contribution in [1.29, 1.82) is 0 Å². The van der Waals surface area contributed by atoms with Crippen LogP contribution in [0.2, 0.25) is 0 Å². The molecule has 1 aromatic carbocycles. The van der Waals surface area contributed by atoms with E-state index in [1.54, 1.807) is 22.1 Å². The molecule has 2 aromatic heterocycles. The van der Waals surface area contributed by atoms with Crippen LogP contribution >= 0.6 is 11.3 Å². The predicted octanol–water partition coefficient (Wildman–Crippen LogP) is 3.13. The molecule has 2 amide bonds. The Bertz CT molecular complexity index is 1010. The van der Waals surface area contributed by atoms with Gasteiger partial charge in [-0.3, -0.25) is 14.9 Å². The Balaban J connectivity index is 1.68. The first kappa shape index (κ1) is 18.4. The lowest BCUT2D eigenvalue weighted by molar-refractivity contribution is -0.125. The number of nitrogens with zero attached hydrogens (tertiary/aromatic N) is 2. The highest BCUT2D eigenvalue weighted by atomic mass is 32.1. The van der Waals surface area contributed by atoms with Crippen LogP contribution in [0.3, 0.4) is 0 Å². The van der Waals surface area contributed by atoms with Gasteiger partial charge in [-0.05, 0) is 37.4 Å². The molecule has 1 saturated heterocycles. The first-order chi connectivity index (χ1) is 13.5. The van der Waals surface area contributed by atoms with Crippen LogP contribution in [0.15, 0.2) is 47.8 Å². The Morgan fingerprint density at radius 3 is 2.86 bits per heavy atom. The molecule has 0 bridgehead atoms. The fourth-order valence-electron chi connectivity index (χ4n) is 3.20. The highest BCUT2D eigenvalue weighted by Gasteiger charge is 2.27. The van der Waals surface area contributed by atoms with E-state index in [0.29, 0.717) is 17.8 Å². The standard InChI is InChI=1S/C20H21N5O2S/c1-12-5-3-6-14(9-12)19(27)22-17-11-15(16-7-4-8-28-16)24-25(17)20-21-13(2)10-18(26)23-20/h3-9,11,13,20-21H,10H2,1-2H3,(H,22,27)(H,23,26).